The van der Waals surface area contributed by atoms with Gasteiger partial charge in [0.15, 0.2) is 0 Å². The Morgan fingerprint density at radius 2 is 1.91 bits per heavy atom. The van der Waals surface area contributed by atoms with Crippen LogP contribution in [0.25, 0.3) is 10.8 Å². The number of hydrogen-bond donors (Lipinski definition) is 3. The molecule has 0 radical (unpaired) electrons. The summed E-state index contributed by atoms with van der Waals surface area (Å²) < 4.78 is 8.24. The summed E-state index contributed by atoms with van der Waals surface area (Å²) in [4.78, 5) is 15.9. The maximum absolute atomic E-state index is 13.1. The van der Waals surface area contributed by atoms with Gasteiger partial charge in [0.25, 0.3) is 0 Å². The first-order valence-electron chi connectivity index (χ1n) is 12.1. The lowest BCUT2D eigenvalue weighted by Gasteiger charge is -2.35. The number of amides is 2. The number of thiophene rings is 2. The molecular weight excluding hydrogens is 464 g/mol. The fraction of sp³-hybridized carbons (Fsp3) is 0.423. The summed E-state index contributed by atoms with van der Waals surface area (Å²) in [6.07, 6.45) is 11.9. The Balaban J connectivity index is 1.24. The van der Waals surface area contributed by atoms with Crippen LogP contribution in [0.5, 0.6) is 0 Å². The predicted molar refractivity (Wildman–Crippen MR) is 139 cm³/mol. The molecule has 0 fully saturated rings. The molecule has 0 aromatic carbocycles. The zero-order valence-corrected chi connectivity index (χ0v) is 21.3. The zero-order valence-electron chi connectivity index (χ0n) is 19.6. The van der Waals surface area contributed by atoms with Crippen molar-refractivity contribution in [3.05, 3.63) is 62.6 Å². The summed E-state index contributed by atoms with van der Waals surface area (Å²) in [5.41, 5.74) is 4.84. The highest BCUT2D eigenvalue weighted by Crippen LogP contribution is 2.47. The molecule has 1 aliphatic carbocycles. The Labute approximate surface area is 208 Å². The van der Waals surface area contributed by atoms with Gasteiger partial charge in [0.2, 0.25) is 0 Å². The van der Waals surface area contributed by atoms with Crippen LogP contribution in [0.4, 0.5) is 9.80 Å². The van der Waals surface area contributed by atoms with Gasteiger partial charge >= 0.3 is 6.03 Å². The molecular formula is C26H30N4O2S2. The predicted octanol–water partition coefficient (Wildman–Crippen LogP) is 5.60. The van der Waals surface area contributed by atoms with Crippen LogP contribution in [0.1, 0.15) is 58.7 Å². The normalized spacial score (nSPS) is 18.2. The van der Waals surface area contributed by atoms with Crippen LogP contribution >= 0.6 is 22.7 Å². The lowest BCUT2D eigenvalue weighted by Crippen LogP contribution is -2.32. The molecule has 6 nitrogen and oxygen atoms in total. The third-order valence-electron chi connectivity index (χ3n) is 6.78. The van der Waals surface area contributed by atoms with E-state index < -0.39 is 0 Å². The highest BCUT2D eigenvalue weighted by Gasteiger charge is 2.35. The van der Waals surface area contributed by atoms with E-state index in [4.69, 9.17) is 4.74 Å². The summed E-state index contributed by atoms with van der Waals surface area (Å²) in [5.74, 6) is 0.911. The van der Waals surface area contributed by atoms with Gasteiger partial charge in [-0.05, 0) is 75.8 Å². The van der Waals surface area contributed by atoms with Crippen LogP contribution < -0.4 is 16.0 Å². The third-order valence-corrected chi connectivity index (χ3v) is 9.27. The molecule has 3 aromatic rings. The van der Waals surface area contributed by atoms with Crippen LogP contribution in [0, 0.1) is 0 Å². The van der Waals surface area contributed by atoms with Gasteiger partial charge in [-0.3, -0.25) is 5.32 Å². The number of aromatic nitrogens is 1. The van der Waals surface area contributed by atoms with Crippen molar-refractivity contribution in [1.82, 2.24) is 15.2 Å². The molecule has 6 rings (SSSR count). The van der Waals surface area contributed by atoms with Crippen molar-refractivity contribution < 1.29 is 9.53 Å². The Morgan fingerprint density at radius 3 is 2.71 bits per heavy atom. The van der Waals surface area contributed by atoms with Gasteiger partial charge in [-0.1, -0.05) is 0 Å². The molecule has 0 saturated heterocycles. The second-order valence-corrected chi connectivity index (χ2v) is 11.9. The highest BCUT2D eigenvalue weighted by molar-refractivity contribution is 7.16. The van der Waals surface area contributed by atoms with E-state index in [9.17, 15) is 4.79 Å². The van der Waals surface area contributed by atoms with Gasteiger partial charge < -0.3 is 19.9 Å². The van der Waals surface area contributed by atoms with E-state index in [0.29, 0.717) is 6.54 Å². The van der Waals surface area contributed by atoms with E-state index in [1.165, 1.54) is 44.3 Å². The molecule has 0 atom stereocenters. The van der Waals surface area contributed by atoms with Gasteiger partial charge in [0.1, 0.15) is 21.4 Å². The number of nitrogens with zero attached hydrogens (tertiary/aromatic N) is 1. The summed E-state index contributed by atoms with van der Waals surface area (Å²) >= 11 is 3.53. The zero-order chi connectivity index (χ0) is 23.3. The molecule has 3 aliphatic rings. The first-order valence-corrected chi connectivity index (χ1v) is 13.7. The molecule has 8 heteroatoms. The summed E-state index contributed by atoms with van der Waals surface area (Å²) in [6.45, 7) is 6.51. The van der Waals surface area contributed by atoms with Crippen molar-refractivity contribution in [2.45, 2.75) is 64.6 Å². The van der Waals surface area contributed by atoms with Gasteiger partial charge in [-0.25, -0.2) is 4.79 Å². The number of carbonyl (C=O) groups is 1. The van der Waals surface area contributed by atoms with E-state index in [1.807, 2.05) is 23.5 Å². The molecule has 2 amide bonds. The number of rotatable bonds is 5. The molecule has 3 aromatic heterocycles. The van der Waals surface area contributed by atoms with E-state index in [0.717, 1.165) is 48.7 Å². The van der Waals surface area contributed by atoms with Crippen molar-refractivity contribution >= 4 is 39.5 Å². The highest BCUT2D eigenvalue weighted by atomic mass is 32.1. The molecule has 5 heterocycles. The maximum Gasteiger partial charge on any atom is 0.320 e. The van der Waals surface area contributed by atoms with Crippen molar-refractivity contribution in [2.24, 2.45) is 0 Å². The minimum Gasteiger partial charge on any atom is -0.483 e. The molecule has 0 saturated carbocycles. The van der Waals surface area contributed by atoms with E-state index in [1.54, 1.807) is 11.3 Å². The quantitative estimate of drug-likeness (QED) is 0.433. The molecule has 0 unspecified atom stereocenters. The number of ether oxygens (including phenoxy) is 1. The van der Waals surface area contributed by atoms with E-state index in [2.05, 4.69) is 52.8 Å². The van der Waals surface area contributed by atoms with Crippen LogP contribution in [0.2, 0.25) is 0 Å². The average Bonchev–Trinajstić information content (AvgIpc) is 3.52. The number of hydrogen-bond acceptors (Lipinski definition) is 5. The first kappa shape index (κ1) is 21.9. The minimum absolute atomic E-state index is 0.161. The van der Waals surface area contributed by atoms with Gasteiger partial charge in [0.05, 0.1) is 5.56 Å². The van der Waals surface area contributed by atoms with Gasteiger partial charge in [-0.15, -0.1) is 22.7 Å². The summed E-state index contributed by atoms with van der Waals surface area (Å²) in [6, 6.07) is 3.92. The average molecular weight is 495 g/mol. The second kappa shape index (κ2) is 8.59. The van der Waals surface area contributed by atoms with Gasteiger partial charge in [-0.2, -0.15) is 0 Å². The molecule has 2 aliphatic heterocycles. The Bertz CT molecular complexity index is 1270. The van der Waals surface area contributed by atoms with E-state index in [-0.39, 0.29) is 11.6 Å². The third kappa shape index (κ3) is 3.97. The number of urea groups is 1. The minimum atomic E-state index is -0.236. The summed E-state index contributed by atoms with van der Waals surface area (Å²) in [7, 11) is 0. The Hall–Kier alpha value is -2.55. The van der Waals surface area contributed by atoms with Crippen LogP contribution in [0.3, 0.4) is 0 Å². The standard InChI is InChI=1S/C26H30N4O2S2/c1-26(2)13-19(32-26)22-17-7-3-4-8-20(17)33-23(22)29-25(31)28-14-18-16-9-10-27-15-21(16)34-24(18)30-11-5-6-12-30/h5-6,11-13,27H,3-4,7-10,14-15H2,1-2H3,(H2,28,29,31). The molecule has 178 valence electrons. The van der Waals surface area contributed by atoms with E-state index >= 15 is 0 Å². The van der Waals surface area contributed by atoms with Crippen molar-refractivity contribution in [3.63, 3.8) is 0 Å². The van der Waals surface area contributed by atoms with Crippen LogP contribution in [-0.4, -0.2) is 22.7 Å². The molecule has 34 heavy (non-hydrogen) atoms. The van der Waals surface area contributed by atoms with Gasteiger partial charge in [0, 0.05) is 46.9 Å². The molecule has 0 spiro atoms. The number of aryl methyl sites for hydroxylation is 1. The Morgan fingerprint density at radius 1 is 1.12 bits per heavy atom. The topological polar surface area (TPSA) is 67.3 Å². The monoisotopic (exact) mass is 494 g/mol. The fourth-order valence-corrected chi connectivity index (χ4v) is 7.79. The number of anilines is 1. The maximum atomic E-state index is 13.1. The SMILES string of the molecule is CC1(C)C=C(c2c(NC(=O)NCc3c(-n4cccc4)sc4c3CCNC4)sc3c2CCCC3)O1. The summed E-state index contributed by atoms with van der Waals surface area (Å²) in [5, 5.41) is 11.9. The van der Waals surface area contributed by atoms with Crippen molar-refractivity contribution in [3.8, 4) is 5.00 Å². The lowest BCUT2D eigenvalue weighted by molar-refractivity contribution is 0.0852. The van der Waals surface area contributed by atoms with Crippen LogP contribution in [-0.2, 0) is 37.1 Å². The smallest absolute Gasteiger partial charge is 0.320 e. The van der Waals surface area contributed by atoms with Crippen molar-refractivity contribution in [2.75, 3.05) is 11.9 Å². The Kier molecular flexibility index (Phi) is 5.54. The number of fused-ring (bicyclic) bond motifs is 2. The lowest BCUT2D eigenvalue weighted by atomic mass is 9.91. The number of nitrogens with one attached hydrogen (secondary N) is 3. The molecule has 0 bridgehead atoms. The first-order chi connectivity index (χ1) is 16.5. The number of carbonyl (C=O) groups excluding carboxylic acids is 1. The van der Waals surface area contributed by atoms with Crippen LogP contribution in [0.15, 0.2) is 30.6 Å². The van der Waals surface area contributed by atoms with Crippen molar-refractivity contribution in [1.29, 1.82) is 0 Å². The second-order valence-electron chi connectivity index (χ2n) is 9.74. The largest absolute Gasteiger partial charge is 0.483 e. The molecule has 3 N–H and O–H groups in total. The fourth-order valence-electron chi connectivity index (χ4n) is 5.20.